The molecule has 0 heterocycles. The molecule has 3 unspecified atom stereocenters. The third-order valence-corrected chi connectivity index (χ3v) is 3.54. The third kappa shape index (κ3) is 8.58. The molecule has 0 radical (unpaired) electrons. The van der Waals surface area contributed by atoms with Gasteiger partial charge in [-0.3, -0.25) is 0 Å². The molecule has 0 aromatic heterocycles. The van der Waals surface area contributed by atoms with Crippen LogP contribution in [0, 0.1) is 0 Å². The minimum atomic E-state index is -0.719. The van der Waals surface area contributed by atoms with Crippen LogP contribution in [0.25, 0.3) is 0 Å². The molecule has 0 aliphatic rings. The van der Waals surface area contributed by atoms with Crippen molar-refractivity contribution in [3.8, 4) is 0 Å². The second kappa shape index (κ2) is 8.90. The highest BCUT2D eigenvalue weighted by Crippen LogP contribution is 2.19. The second-order valence-electron chi connectivity index (χ2n) is 5.37. The van der Waals surface area contributed by atoms with E-state index in [0.717, 1.165) is 12.8 Å². The summed E-state index contributed by atoms with van der Waals surface area (Å²) in [6.45, 7) is 5.85. The highest BCUT2D eigenvalue weighted by Gasteiger charge is 2.22. The molecule has 0 saturated carbocycles. The van der Waals surface area contributed by atoms with Gasteiger partial charge >= 0.3 is 0 Å². The average molecular weight is 246 g/mol. The maximum Gasteiger partial charge on any atom is 0.0800 e. The summed E-state index contributed by atoms with van der Waals surface area (Å²) in [5.41, 5.74) is -0.719. The first-order valence-electron chi connectivity index (χ1n) is 7.01. The van der Waals surface area contributed by atoms with E-state index in [0.29, 0.717) is 25.7 Å². The van der Waals surface area contributed by atoms with Crippen LogP contribution in [0.5, 0.6) is 0 Å². The summed E-state index contributed by atoms with van der Waals surface area (Å²) in [6.07, 6.45) is 5.46. The summed E-state index contributed by atoms with van der Waals surface area (Å²) in [5.74, 6) is 0. The molecular formula is C14H30O3. The lowest BCUT2D eigenvalue weighted by atomic mass is 9.93. The van der Waals surface area contributed by atoms with Crippen molar-refractivity contribution in [3.63, 3.8) is 0 Å². The molecule has 3 atom stereocenters. The van der Waals surface area contributed by atoms with Crippen LogP contribution < -0.4 is 0 Å². The minimum absolute atomic E-state index is 0.468. The number of hydrogen-bond donors (Lipinski definition) is 3. The zero-order valence-electron chi connectivity index (χ0n) is 11.7. The lowest BCUT2D eigenvalue weighted by Crippen LogP contribution is -2.30. The molecule has 3 heteroatoms. The SMILES string of the molecule is CCCCCCC(O)C(O)CCC(C)(O)CC. The topological polar surface area (TPSA) is 60.7 Å². The van der Waals surface area contributed by atoms with Crippen LogP contribution in [0.1, 0.15) is 72.1 Å². The molecule has 17 heavy (non-hydrogen) atoms. The van der Waals surface area contributed by atoms with E-state index in [1.54, 1.807) is 6.92 Å². The molecule has 0 aliphatic carbocycles. The predicted octanol–water partition coefficient (Wildman–Crippen LogP) is 2.62. The van der Waals surface area contributed by atoms with Gasteiger partial charge in [0.1, 0.15) is 0 Å². The number of rotatable bonds is 10. The monoisotopic (exact) mass is 246 g/mol. The van der Waals surface area contributed by atoms with E-state index in [-0.39, 0.29) is 0 Å². The summed E-state index contributed by atoms with van der Waals surface area (Å²) in [7, 11) is 0. The molecule has 0 bridgehead atoms. The fourth-order valence-electron chi connectivity index (χ4n) is 1.80. The molecule has 104 valence electrons. The summed E-state index contributed by atoms with van der Waals surface area (Å²) in [4.78, 5) is 0. The van der Waals surface area contributed by atoms with Gasteiger partial charge in [0.15, 0.2) is 0 Å². The first-order valence-corrected chi connectivity index (χ1v) is 7.01. The van der Waals surface area contributed by atoms with Crippen LogP contribution >= 0.6 is 0 Å². The van der Waals surface area contributed by atoms with Crippen LogP contribution in [0.3, 0.4) is 0 Å². The lowest BCUT2D eigenvalue weighted by Gasteiger charge is -2.24. The molecule has 3 nitrogen and oxygen atoms in total. The van der Waals surface area contributed by atoms with Gasteiger partial charge in [-0.05, 0) is 32.6 Å². The number of aliphatic hydroxyl groups excluding tert-OH is 2. The van der Waals surface area contributed by atoms with Gasteiger partial charge in [-0.2, -0.15) is 0 Å². The molecule has 0 aliphatic heterocycles. The van der Waals surface area contributed by atoms with E-state index < -0.39 is 17.8 Å². The smallest absolute Gasteiger partial charge is 0.0800 e. The maximum atomic E-state index is 9.81. The summed E-state index contributed by atoms with van der Waals surface area (Å²) in [6, 6.07) is 0. The van der Waals surface area contributed by atoms with Crippen molar-refractivity contribution >= 4 is 0 Å². The van der Waals surface area contributed by atoms with E-state index in [1.165, 1.54) is 12.8 Å². The molecule has 0 spiro atoms. The van der Waals surface area contributed by atoms with Gasteiger partial charge < -0.3 is 15.3 Å². The zero-order chi connectivity index (χ0) is 13.3. The van der Waals surface area contributed by atoms with Crippen LogP contribution in [0.4, 0.5) is 0 Å². The highest BCUT2D eigenvalue weighted by atomic mass is 16.3. The number of hydrogen-bond acceptors (Lipinski definition) is 3. The third-order valence-electron chi connectivity index (χ3n) is 3.54. The molecule has 0 rings (SSSR count). The van der Waals surface area contributed by atoms with Crippen LogP contribution in [0.2, 0.25) is 0 Å². The van der Waals surface area contributed by atoms with Gasteiger partial charge in [-0.15, -0.1) is 0 Å². The molecule has 3 N–H and O–H groups in total. The van der Waals surface area contributed by atoms with Crippen LogP contribution in [-0.4, -0.2) is 33.1 Å². The summed E-state index contributed by atoms with van der Waals surface area (Å²) >= 11 is 0. The Morgan fingerprint density at radius 1 is 0.941 bits per heavy atom. The molecule has 0 amide bonds. The molecule has 0 fully saturated rings. The lowest BCUT2D eigenvalue weighted by molar-refractivity contribution is -0.0174. The van der Waals surface area contributed by atoms with Crippen molar-refractivity contribution in [3.05, 3.63) is 0 Å². The Kier molecular flexibility index (Phi) is 8.83. The zero-order valence-corrected chi connectivity index (χ0v) is 11.7. The van der Waals surface area contributed by atoms with Crippen LogP contribution in [0.15, 0.2) is 0 Å². The Hall–Kier alpha value is -0.120. The van der Waals surface area contributed by atoms with Crippen molar-refractivity contribution < 1.29 is 15.3 Å². The van der Waals surface area contributed by atoms with Crippen molar-refractivity contribution in [1.29, 1.82) is 0 Å². The fourth-order valence-corrected chi connectivity index (χ4v) is 1.80. The molecule has 0 aromatic carbocycles. The Bertz CT molecular complexity index is 180. The summed E-state index contributed by atoms with van der Waals surface area (Å²) < 4.78 is 0. The van der Waals surface area contributed by atoms with E-state index in [1.807, 2.05) is 6.92 Å². The van der Waals surface area contributed by atoms with E-state index in [9.17, 15) is 15.3 Å². The molecular weight excluding hydrogens is 216 g/mol. The number of aliphatic hydroxyl groups is 3. The van der Waals surface area contributed by atoms with E-state index in [4.69, 9.17) is 0 Å². The van der Waals surface area contributed by atoms with Gasteiger partial charge in [-0.1, -0.05) is 39.5 Å². The van der Waals surface area contributed by atoms with Crippen LogP contribution in [-0.2, 0) is 0 Å². The maximum absolute atomic E-state index is 9.81. The average Bonchev–Trinajstić information content (AvgIpc) is 2.31. The predicted molar refractivity (Wildman–Crippen MR) is 70.9 cm³/mol. The quantitative estimate of drug-likeness (QED) is 0.519. The normalized spacial score (nSPS) is 18.7. The van der Waals surface area contributed by atoms with Gasteiger partial charge in [0.2, 0.25) is 0 Å². The Labute approximate surface area is 106 Å². The Morgan fingerprint density at radius 2 is 1.53 bits per heavy atom. The minimum Gasteiger partial charge on any atom is -0.390 e. The van der Waals surface area contributed by atoms with Gasteiger partial charge in [0.05, 0.1) is 17.8 Å². The standard InChI is InChI=1S/C14H30O3/c1-4-6-7-8-9-12(15)13(16)10-11-14(3,17)5-2/h12-13,15-17H,4-11H2,1-3H3. The molecule has 0 saturated heterocycles. The largest absolute Gasteiger partial charge is 0.390 e. The van der Waals surface area contributed by atoms with Crippen molar-refractivity contribution in [2.75, 3.05) is 0 Å². The van der Waals surface area contributed by atoms with Gasteiger partial charge in [-0.25, -0.2) is 0 Å². The first kappa shape index (κ1) is 16.9. The number of unbranched alkanes of at least 4 members (excludes halogenated alkanes) is 3. The molecule has 0 aromatic rings. The van der Waals surface area contributed by atoms with Gasteiger partial charge in [0.25, 0.3) is 0 Å². The van der Waals surface area contributed by atoms with Crippen molar-refractivity contribution in [2.24, 2.45) is 0 Å². The van der Waals surface area contributed by atoms with E-state index in [2.05, 4.69) is 6.92 Å². The Balaban J connectivity index is 3.70. The van der Waals surface area contributed by atoms with E-state index >= 15 is 0 Å². The first-order chi connectivity index (χ1) is 7.93. The highest BCUT2D eigenvalue weighted by molar-refractivity contribution is 4.75. The second-order valence-corrected chi connectivity index (χ2v) is 5.37. The van der Waals surface area contributed by atoms with Crippen molar-refractivity contribution in [2.45, 2.75) is 89.9 Å². The fraction of sp³-hybridized carbons (Fsp3) is 1.00. The Morgan fingerprint density at radius 3 is 2.06 bits per heavy atom. The van der Waals surface area contributed by atoms with Gasteiger partial charge in [0, 0.05) is 0 Å². The summed E-state index contributed by atoms with van der Waals surface area (Å²) in [5, 5.41) is 29.3. The van der Waals surface area contributed by atoms with Crippen molar-refractivity contribution in [1.82, 2.24) is 0 Å².